The Hall–Kier alpha value is -9.79. The zero-order chi connectivity index (χ0) is 51.5. The molecule has 368 valence electrons. The van der Waals surface area contributed by atoms with Crippen LogP contribution in [0.5, 0.6) is 11.5 Å². The molecular formula is C72H44N4OSSi. The number of nitrogens with zero attached hydrogens (tertiary/aromatic N) is 4. The highest BCUT2D eigenvalue weighted by molar-refractivity contribution is 8.00. The molecule has 0 saturated heterocycles. The Balaban J connectivity index is 0.875. The maximum absolute atomic E-state index is 7.48. The van der Waals surface area contributed by atoms with Crippen molar-refractivity contribution in [3.63, 3.8) is 0 Å². The van der Waals surface area contributed by atoms with Crippen molar-refractivity contribution < 1.29 is 4.74 Å². The van der Waals surface area contributed by atoms with Crippen molar-refractivity contribution in [3.8, 4) is 34.2 Å². The molecule has 4 aromatic heterocycles. The van der Waals surface area contributed by atoms with Gasteiger partial charge in [-0.2, -0.15) is 0 Å². The number of hydrogen-bond acceptors (Lipinski definition) is 2. The van der Waals surface area contributed by atoms with Crippen LogP contribution in [0.3, 0.4) is 0 Å². The Labute approximate surface area is 459 Å². The fraction of sp³-hybridized carbons (Fsp3) is 0. The molecule has 12 aromatic carbocycles. The summed E-state index contributed by atoms with van der Waals surface area (Å²) in [6.45, 7) is 0. The second-order valence-electron chi connectivity index (χ2n) is 21.1. The Morgan fingerprint density at radius 3 is 1.19 bits per heavy atom. The number of benzene rings is 12. The van der Waals surface area contributed by atoms with E-state index in [-0.39, 0.29) is 0 Å². The lowest BCUT2D eigenvalue weighted by atomic mass is 10.1. The minimum atomic E-state index is -3.18. The number of aromatic nitrogens is 4. The molecule has 1 unspecified atom stereocenters. The molecular weight excluding hydrogens is 997 g/mol. The van der Waals surface area contributed by atoms with E-state index in [2.05, 4.69) is 285 Å². The maximum Gasteiger partial charge on any atom is 0.190 e. The van der Waals surface area contributed by atoms with E-state index >= 15 is 0 Å². The van der Waals surface area contributed by atoms with Crippen LogP contribution in [0.1, 0.15) is 0 Å². The summed E-state index contributed by atoms with van der Waals surface area (Å²) in [6.07, 6.45) is 0. The van der Waals surface area contributed by atoms with Crippen molar-refractivity contribution in [2.45, 2.75) is 9.79 Å². The van der Waals surface area contributed by atoms with Crippen LogP contribution in [-0.2, 0) is 0 Å². The largest absolute Gasteiger partial charge is 0.455 e. The SMILES string of the molecule is c1ccc2c(c1)Oc1c(-n3c4ccccc4c4cc(-n5c6ccccc6c6ccccc65)ccc43)cccc1[Si]21c2ccccc2Sc2c(-n3c4ccccc4c4cc(-n5c6ccccc6c6ccccc65)ccc43)cccc21. The average molecular weight is 1040 g/mol. The number of fused-ring (bicyclic) bond motifs is 20. The molecule has 2 aliphatic heterocycles. The van der Waals surface area contributed by atoms with Crippen LogP contribution in [0.4, 0.5) is 0 Å². The second-order valence-corrected chi connectivity index (χ2v) is 25.8. The van der Waals surface area contributed by atoms with Gasteiger partial charge in [0.25, 0.3) is 0 Å². The van der Waals surface area contributed by atoms with Crippen LogP contribution in [0, 0.1) is 0 Å². The normalized spacial score (nSPS) is 14.7. The predicted octanol–water partition coefficient (Wildman–Crippen LogP) is 16.0. The summed E-state index contributed by atoms with van der Waals surface area (Å²) in [5, 5.41) is 15.1. The average Bonchev–Trinajstić information content (AvgIpc) is 4.40. The molecule has 0 radical (unpaired) electrons. The molecule has 2 aliphatic rings. The van der Waals surface area contributed by atoms with E-state index in [1.165, 1.54) is 112 Å². The third-order valence-electron chi connectivity index (χ3n) is 17.3. The summed E-state index contributed by atoms with van der Waals surface area (Å²) in [5.74, 6) is 1.82. The molecule has 0 fully saturated rings. The number of hydrogen-bond donors (Lipinski definition) is 0. The minimum absolute atomic E-state index is 0.912. The molecule has 1 spiro atoms. The first-order valence-corrected chi connectivity index (χ1v) is 29.9. The van der Waals surface area contributed by atoms with Gasteiger partial charge in [-0.15, -0.1) is 0 Å². The quantitative estimate of drug-likeness (QED) is 0.164. The summed E-state index contributed by atoms with van der Waals surface area (Å²) in [7, 11) is -3.18. The monoisotopic (exact) mass is 1040 g/mol. The Morgan fingerprint density at radius 2 is 0.658 bits per heavy atom. The fourth-order valence-corrected chi connectivity index (χ4v) is 21.4. The first-order valence-electron chi connectivity index (χ1n) is 27.1. The molecule has 5 nitrogen and oxygen atoms in total. The topological polar surface area (TPSA) is 28.9 Å². The van der Waals surface area contributed by atoms with E-state index in [1.54, 1.807) is 0 Å². The van der Waals surface area contributed by atoms with Crippen molar-refractivity contribution in [2.75, 3.05) is 0 Å². The number of rotatable bonds is 4. The molecule has 7 heteroatoms. The lowest BCUT2D eigenvalue weighted by Crippen LogP contribution is -2.77. The summed E-state index contributed by atoms with van der Waals surface area (Å²) in [5.41, 5.74) is 13.9. The minimum Gasteiger partial charge on any atom is -0.455 e. The molecule has 6 heterocycles. The van der Waals surface area contributed by atoms with Crippen LogP contribution < -0.4 is 25.5 Å². The van der Waals surface area contributed by atoms with E-state index in [1.807, 2.05) is 11.8 Å². The van der Waals surface area contributed by atoms with E-state index in [9.17, 15) is 0 Å². The van der Waals surface area contributed by atoms with Crippen molar-refractivity contribution in [3.05, 3.63) is 267 Å². The molecule has 0 aliphatic carbocycles. The molecule has 18 rings (SSSR count). The number of ether oxygens (including phenoxy) is 1. The third kappa shape index (κ3) is 5.74. The van der Waals surface area contributed by atoms with E-state index in [4.69, 9.17) is 4.74 Å². The highest BCUT2D eigenvalue weighted by Gasteiger charge is 2.53. The predicted molar refractivity (Wildman–Crippen MR) is 332 cm³/mol. The number of para-hydroxylation sites is 8. The van der Waals surface area contributed by atoms with E-state index in [0.29, 0.717) is 0 Å². The van der Waals surface area contributed by atoms with Crippen molar-refractivity contribution in [1.82, 2.24) is 18.3 Å². The second kappa shape index (κ2) is 16.1. The summed E-state index contributed by atoms with van der Waals surface area (Å²) < 4.78 is 17.3. The van der Waals surface area contributed by atoms with Gasteiger partial charge < -0.3 is 23.0 Å². The van der Waals surface area contributed by atoms with Gasteiger partial charge in [0.2, 0.25) is 0 Å². The summed E-state index contributed by atoms with van der Waals surface area (Å²) in [6, 6.07) is 99.2. The first-order chi connectivity index (χ1) is 39.2. The van der Waals surface area contributed by atoms with Crippen LogP contribution in [0.15, 0.2) is 277 Å². The van der Waals surface area contributed by atoms with E-state index in [0.717, 1.165) is 39.6 Å². The lowest BCUT2D eigenvalue weighted by Gasteiger charge is -2.44. The maximum atomic E-state index is 7.48. The van der Waals surface area contributed by atoms with Crippen LogP contribution in [0.25, 0.3) is 110 Å². The standard InChI is InChI=1S/C72H44N4OSSi/c1-7-25-55-47(19-1)48-20-2-8-26-56(48)73(55)45-39-41-61-53(43-45)51-23-5-11-29-59(51)75(61)63-31-17-37-69-71(63)77-65-33-13-15-35-67(65)79(69)68-36-16-14-34-66(68)78-72-64(32-18-38-70(72)79)76-60-30-12-6-24-52(60)54-44-46(40-42-62(54)76)74-57-27-9-3-21-49(57)50-22-4-10-28-58(50)74/h1-44H. The molecule has 0 amide bonds. The van der Waals surface area contributed by atoms with E-state index < -0.39 is 8.07 Å². The molecule has 0 bridgehead atoms. The molecule has 0 saturated carbocycles. The van der Waals surface area contributed by atoms with Crippen LogP contribution in [-0.4, -0.2) is 26.3 Å². The van der Waals surface area contributed by atoms with Gasteiger partial charge >= 0.3 is 0 Å². The highest BCUT2D eigenvalue weighted by Crippen LogP contribution is 2.46. The van der Waals surface area contributed by atoms with Gasteiger partial charge in [0.05, 0.1) is 55.5 Å². The van der Waals surface area contributed by atoms with Crippen molar-refractivity contribution >= 4 is 128 Å². The Bertz CT molecular complexity index is 4870. The van der Waals surface area contributed by atoms with Crippen molar-refractivity contribution in [2.24, 2.45) is 0 Å². The highest BCUT2D eigenvalue weighted by atomic mass is 32.2. The van der Waals surface area contributed by atoms with Gasteiger partial charge in [0.15, 0.2) is 13.8 Å². The fourth-order valence-electron chi connectivity index (χ4n) is 14.1. The van der Waals surface area contributed by atoms with Gasteiger partial charge in [-0.05, 0) is 118 Å². The first kappa shape index (κ1) is 43.3. The summed E-state index contributed by atoms with van der Waals surface area (Å²) in [4.78, 5) is 2.57. The van der Waals surface area contributed by atoms with Gasteiger partial charge in [0, 0.05) is 64.3 Å². The van der Waals surface area contributed by atoms with Gasteiger partial charge in [-0.25, -0.2) is 0 Å². The lowest BCUT2D eigenvalue weighted by molar-refractivity contribution is 0.485. The Morgan fingerprint density at radius 1 is 0.278 bits per heavy atom. The van der Waals surface area contributed by atoms with Crippen molar-refractivity contribution in [1.29, 1.82) is 0 Å². The zero-order valence-electron chi connectivity index (χ0n) is 42.5. The van der Waals surface area contributed by atoms with Gasteiger partial charge in [-0.3, -0.25) is 0 Å². The molecule has 1 atom stereocenters. The third-order valence-corrected chi connectivity index (χ3v) is 23.7. The molecule has 0 N–H and O–H groups in total. The van der Waals surface area contributed by atoms with Gasteiger partial charge in [0.1, 0.15) is 5.75 Å². The smallest absolute Gasteiger partial charge is 0.190 e. The zero-order valence-corrected chi connectivity index (χ0v) is 44.3. The molecule has 16 aromatic rings. The Kier molecular flexibility index (Phi) is 8.84. The van der Waals surface area contributed by atoms with Crippen LogP contribution >= 0.6 is 11.8 Å². The molecule has 79 heavy (non-hydrogen) atoms. The van der Waals surface area contributed by atoms with Crippen LogP contribution in [0.2, 0.25) is 0 Å². The van der Waals surface area contributed by atoms with Gasteiger partial charge in [-0.1, -0.05) is 182 Å². The summed E-state index contributed by atoms with van der Waals surface area (Å²) >= 11 is 1.91.